The number of hydrogen-bond acceptors (Lipinski definition) is 4. The number of rotatable bonds is 2. The molecule has 1 aliphatic heterocycles. The third kappa shape index (κ3) is 2.10. The molecule has 98 valence electrons. The second-order valence-electron chi connectivity index (χ2n) is 4.63. The lowest BCUT2D eigenvalue weighted by Gasteiger charge is -2.08. The molecule has 1 aliphatic rings. The van der Waals surface area contributed by atoms with Crippen molar-refractivity contribution in [2.75, 3.05) is 5.32 Å². The average molecular weight is 274 g/mol. The molecule has 1 amide bonds. The molecular formula is C14H14N2O2S. The minimum Gasteiger partial charge on any atom is -0.489 e. The van der Waals surface area contributed by atoms with Gasteiger partial charge in [-0.25, -0.2) is 4.98 Å². The number of thiazole rings is 1. The van der Waals surface area contributed by atoms with Gasteiger partial charge in [-0.05, 0) is 13.0 Å². The Labute approximate surface area is 115 Å². The third-order valence-electron chi connectivity index (χ3n) is 3.44. The van der Waals surface area contributed by atoms with Gasteiger partial charge < -0.3 is 4.74 Å². The number of anilines is 1. The van der Waals surface area contributed by atoms with Crippen LogP contribution >= 0.6 is 11.3 Å². The smallest absolute Gasteiger partial charge is 0.261 e. The highest BCUT2D eigenvalue weighted by Crippen LogP contribution is 2.40. The maximum Gasteiger partial charge on any atom is 0.261 e. The molecular weight excluding hydrogens is 260 g/mol. The second kappa shape index (κ2) is 4.66. The molecule has 2 heterocycles. The summed E-state index contributed by atoms with van der Waals surface area (Å²) < 4.78 is 5.81. The van der Waals surface area contributed by atoms with E-state index < -0.39 is 0 Å². The highest BCUT2D eigenvalue weighted by molar-refractivity contribution is 7.13. The first kappa shape index (κ1) is 12.2. The Morgan fingerprint density at radius 2 is 2.26 bits per heavy atom. The van der Waals surface area contributed by atoms with Crippen LogP contribution in [0.2, 0.25) is 0 Å². The van der Waals surface area contributed by atoms with Crippen LogP contribution in [0.5, 0.6) is 5.75 Å². The van der Waals surface area contributed by atoms with Gasteiger partial charge in [-0.1, -0.05) is 19.1 Å². The molecule has 2 atom stereocenters. The van der Waals surface area contributed by atoms with Gasteiger partial charge >= 0.3 is 0 Å². The second-order valence-corrected chi connectivity index (χ2v) is 5.52. The minimum absolute atomic E-state index is 0.101. The molecule has 0 bridgehead atoms. The summed E-state index contributed by atoms with van der Waals surface area (Å²) in [7, 11) is 0. The normalized spacial score (nSPS) is 20.7. The van der Waals surface area contributed by atoms with Crippen molar-refractivity contribution >= 4 is 22.4 Å². The maximum absolute atomic E-state index is 12.3. The quantitative estimate of drug-likeness (QED) is 0.914. The SMILES string of the molecule is CC1Oc2c(C(=O)Nc3nccs3)cccc2C1C. The first-order chi connectivity index (χ1) is 9.16. The van der Waals surface area contributed by atoms with Crippen LogP contribution in [0.4, 0.5) is 5.13 Å². The van der Waals surface area contributed by atoms with E-state index in [0.717, 1.165) is 5.56 Å². The molecule has 0 saturated heterocycles. The molecule has 0 saturated carbocycles. The zero-order valence-corrected chi connectivity index (χ0v) is 11.5. The van der Waals surface area contributed by atoms with E-state index in [9.17, 15) is 4.79 Å². The molecule has 1 aromatic carbocycles. The highest BCUT2D eigenvalue weighted by Gasteiger charge is 2.31. The molecule has 19 heavy (non-hydrogen) atoms. The molecule has 0 fully saturated rings. The Kier molecular flexibility index (Phi) is 2.98. The van der Waals surface area contributed by atoms with Crippen molar-refractivity contribution in [1.82, 2.24) is 4.98 Å². The topological polar surface area (TPSA) is 51.2 Å². The third-order valence-corrected chi connectivity index (χ3v) is 4.13. The number of nitrogens with one attached hydrogen (secondary N) is 1. The van der Waals surface area contributed by atoms with Crippen molar-refractivity contribution in [3.05, 3.63) is 40.9 Å². The van der Waals surface area contributed by atoms with Crippen LogP contribution in [-0.4, -0.2) is 17.0 Å². The molecule has 4 nitrogen and oxygen atoms in total. The number of fused-ring (bicyclic) bond motifs is 1. The van der Waals surface area contributed by atoms with Gasteiger partial charge in [0.2, 0.25) is 0 Å². The van der Waals surface area contributed by atoms with Crippen molar-refractivity contribution in [3.8, 4) is 5.75 Å². The number of aromatic nitrogens is 1. The van der Waals surface area contributed by atoms with Gasteiger partial charge in [0, 0.05) is 23.1 Å². The number of para-hydroxylation sites is 1. The Balaban J connectivity index is 1.92. The Bertz CT molecular complexity index is 610. The van der Waals surface area contributed by atoms with Gasteiger partial charge in [-0.15, -0.1) is 11.3 Å². The van der Waals surface area contributed by atoms with Gasteiger partial charge in [0.05, 0.1) is 5.56 Å². The lowest BCUT2D eigenvalue weighted by molar-refractivity contribution is 0.102. The van der Waals surface area contributed by atoms with Gasteiger partial charge in [-0.2, -0.15) is 0 Å². The van der Waals surface area contributed by atoms with Gasteiger partial charge in [0.25, 0.3) is 5.91 Å². The summed E-state index contributed by atoms with van der Waals surface area (Å²) in [5, 5.41) is 5.21. The number of carbonyl (C=O) groups excluding carboxylic acids is 1. The molecule has 2 unspecified atom stereocenters. The molecule has 1 N–H and O–H groups in total. The predicted octanol–water partition coefficient (Wildman–Crippen LogP) is 3.28. The molecule has 2 aromatic rings. The molecule has 1 aromatic heterocycles. The summed E-state index contributed by atoms with van der Waals surface area (Å²) in [6.07, 6.45) is 1.76. The van der Waals surface area contributed by atoms with Crippen molar-refractivity contribution in [2.45, 2.75) is 25.9 Å². The van der Waals surface area contributed by atoms with Crippen LogP contribution in [0.25, 0.3) is 0 Å². The number of amides is 1. The van der Waals surface area contributed by atoms with Gasteiger partial charge in [0.1, 0.15) is 11.9 Å². The van der Waals surface area contributed by atoms with E-state index >= 15 is 0 Å². The van der Waals surface area contributed by atoms with Crippen LogP contribution < -0.4 is 10.1 Å². The Morgan fingerprint density at radius 3 is 3.00 bits per heavy atom. The Morgan fingerprint density at radius 1 is 1.42 bits per heavy atom. The van der Waals surface area contributed by atoms with E-state index in [0.29, 0.717) is 22.4 Å². The average Bonchev–Trinajstić information content (AvgIpc) is 2.99. The van der Waals surface area contributed by atoms with E-state index in [-0.39, 0.29) is 12.0 Å². The molecule has 3 rings (SSSR count). The van der Waals surface area contributed by atoms with Crippen molar-refractivity contribution < 1.29 is 9.53 Å². The van der Waals surface area contributed by atoms with E-state index in [1.807, 2.05) is 24.4 Å². The molecule has 5 heteroatoms. The summed E-state index contributed by atoms with van der Waals surface area (Å²) in [4.78, 5) is 16.3. The van der Waals surface area contributed by atoms with Crippen molar-refractivity contribution in [3.63, 3.8) is 0 Å². The summed E-state index contributed by atoms with van der Waals surface area (Å²) >= 11 is 1.40. The summed E-state index contributed by atoms with van der Waals surface area (Å²) in [5.74, 6) is 0.840. The fourth-order valence-corrected chi connectivity index (χ4v) is 2.74. The Hall–Kier alpha value is -1.88. The fraction of sp³-hybridized carbons (Fsp3) is 0.286. The van der Waals surface area contributed by atoms with Crippen LogP contribution in [0.15, 0.2) is 29.8 Å². The molecule has 0 aliphatic carbocycles. The fourth-order valence-electron chi connectivity index (χ4n) is 2.21. The molecule has 0 spiro atoms. The molecule has 0 radical (unpaired) electrons. The van der Waals surface area contributed by atoms with E-state index in [2.05, 4.69) is 17.2 Å². The number of ether oxygens (including phenoxy) is 1. The predicted molar refractivity (Wildman–Crippen MR) is 75.0 cm³/mol. The first-order valence-corrected chi connectivity index (χ1v) is 7.05. The summed E-state index contributed by atoms with van der Waals surface area (Å²) in [5.41, 5.74) is 1.67. The lowest BCUT2D eigenvalue weighted by Crippen LogP contribution is -2.14. The van der Waals surface area contributed by atoms with E-state index in [1.54, 1.807) is 12.3 Å². The van der Waals surface area contributed by atoms with E-state index in [1.165, 1.54) is 11.3 Å². The monoisotopic (exact) mass is 274 g/mol. The largest absolute Gasteiger partial charge is 0.489 e. The zero-order chi connectivity index (χ0) is 13.4. The number of carbonyl (C=O) groups is 1. The van der Waals surface area contributed by atoms with E-state index in [4.69, 9.17) is 4.74 Å². The van der Waals surface area contributed by atoms with Crippen molar-refractivity contribution in [2.24, 2.45) is 0 Å². The highest BCUT2D eigenvalue weighted by atomic mass is 32.1. The van der Waals surface area contributed by atoms with Crippen molar-refractivity contribution in [1.29, 1.82) is 0 Å². The minimum atomic E-state index is -0.173. The number of hydrogen-bond donors (Lipinski definition) is 1. The number of nitrogens with zero attached hydrogens (tertiary/aromatic N) is 1. The maximum atomic E-state index is 12.3. The first-order valence-electron chi connectivity index (χ1n) is 6.17. The van der Waals surface area contributed by atoms with Crippen LogP contribution in [-0.2, 0) is 0 Å². The van der Waals surface area contributed by atoms with Gasteiger partial charge in [0.15, 0.2) is 5.13 Å². The van der Waals surface area contributed by atoms with Gasteiger partial charge in [-0.3, -0.25) is 10.1 Å². The number of benzene rings is 1. The summed E-state index contributed by atoms with van der Waals surface area (Å²) in [6.45, 7) is 4.13. The zero-order valence-electron chi connectivity index (χ0n) is 10.7. The van der Waals surface area contributed by atoms with Crippen LogP contribution in [0, 0.1) is 0 Å². The van der Waals surface area contributed by atoms with Crippen LogP contribution in [0.3, 0.4) is 0 Å². The standard InChI is InChI=1S/C14H14N2O2S/c1-8-9(2)18-12-10(8)4-3-5-11(12)13(17)16-14-15-6-7-19-14/h3-9H,1-2H3,(H,15,16,17). The lowest BCUT2D eigenvalue weighted by atomic mass is 9.97. The summed E-state index contributed by atoms with van der Waals surface area (Å²) in [6, 6.07) is 5.70. The van der Waals surface area contributed by atoms with Crippen LogP contribution in [0.1, 0.15) is 35.7 Å².